The molecule has 1 aliphatic rings. The molecule has 0 unspecified atom stereocenters. The van der Waals surface area contributed by atoms with Crippen molar-refractivity contribution in [2.45, 2.75) is 6.07 Å². The van der Waals surface area contributed by atoms with E-state index < -0.39 is 13.2 Å². The Morgan fingerprint density at radius 3 is 2.50 bits per heavy atom. The lowest BCUT2D eigenvalue weighted by Crippen LogP contribution is -2.39. The fourth-order valence-electron chi connectivity index (χ4n) is 2.68. The maximum atomic E-state index is 9.53. The van der Waals surface area contributed by atoms with E-state index in [1.165, 1.54) is 0 Å². The lowest BCUT2D eigenvalue weighted by Gasteiger charge is -2.22. The summed E-state index contributed by atoms with van der Waals surface area (Å²) in [5, 5.41) is 23.0. The van der Waals surface area contributed by atoms with Crippen molar-refractivity contribution < 1.29 is 14.5 Å². The van der Waals surface area contributed by atoms with Crippen LogP contribution in [0.2, 0.25) is 0 Å². The van der Waals surface area contributed by atoms with Gasteiger partial charge in [0.2, 0.25) is 0 Å². The Morgan fingerprint density at radius 1 is 1.00 bits per heavy atom. The molecule has 0 spiro atoms. The number of aliphatic imine (C=N–C) groups is 1. The minimum Gasteiger partial charge on any atom is -0.452 e. The predicted molar refractivity (Wildman–Crippen MR) is 85.9 cm³/mol. The molecule has 0 radical (unpaired) electrons. The summed E-state index contributed by atoms with van der Waals surface area (Å²) < 4.78 is 5.93. The molecule has 22 heavy (non-hydrogen) atoms. The number of furan rings is 1. The van der Waals surface area contributed by atoms with Crippen molar-refractivity contribution in [2.24, 2.45) is 4.99 Å². The fraction of sp³-hybridized carbons (Fsp3) is 0.0625. The first-order valence-corrected chi connectivity index (χ1v) is 7.02. The summed E-state index contributed by atoms with van der Waals surface area (Å²) in [5.74, 6) is 0.615. The van der Waals surface area contributed by atoms with Crippen molar-refractivity contribution in [3.8, 4) is 0 Å². The molecule has 3 N–H and O–H groups in total. The zero-order valence-corrected chi connectivity index (χ0v) is 11.6. The van der Waals surface area contributed by atoms with Crippen LogP contribution >= 0.6 is 0 Å². The number of fused-ring (bicyclic) bond motifs is 3. The second-order valence-corrected chi connectivity index (χ2v) is 5.15. The van der Waals surface area contributed by atoms with Crippen LogP contribution in [-0.2, 0) is 0 Å². The van der Waals surface area contributed by atoms with Gasteiger partial charge in [-0.1, -0.05) is 42.5 Å². The van der Waals surface area contributed by atoms with Gasteiger partial charge in [0.15, 0.2) is 11.8 Å². The molecular formula is C16H13BN2O3. The monoisotopic (exact) mass is 292 g/mol. The molecule has 5 nitrogen and oxygen atoms in total. The Bertz CT molecular complexity index is 858. The second kappa shape index (κ2) is 5.01. The van der Waals surface area contributed by atoms with Gasteiger partial charge in [-0.25, -0.2) is 0 Å². The molecule has 3 aromatic rings. The van der Waals surface area contributed by atoms with E-state index in [-0.39, 0.29) is 0 Å². The maximum absolute atomic E-state index is 9.53. The first kappa shape index (κ1) is 13.1. The van der Waals surface area contributed by atoms with Gasteiger partial charge >= 0.3 is 7.12 Å². The van der Waals surface area contributed by atoms with E-state index in [0.717, 1.165) is 22.2 Å². The Balaban J connectivity index is 1.96. The van der Waals surface area contributed by atoms with Gasteiger partial charge in [0, 0.05) is 10.9 Å². The van der Waals surface area contributed by atoms with Gasteiger partial charge in [-0.05, 0) is 12.1 Å². The van der Waals surface area contributed by atoms with Crippen LogP contribution in [0.5, 0.6) is 0 Å². The number of anilines is 1. The number of benzene rings is 2. The Kier molecular flexibility index (Phi) is 2.99. The van der Waals surface area contributed by atoms with E-state index in [2.05, 4.69) is 10.3 Å². The molecule has 0 saturated heterocycles. The smallest absolute Gasteiger partial charge is 0.452 e. The van der Waals surface area contributed by atoms with E-state index in [0.29, 0.717) is 11.5 Å². The summed E-state index contributed by atoms with van der Waals surface area (Å²) >= 11 is 0. The quantitative estimate of drug-likeness (QED) is 0.632. The van der Waals surface area contributed by atoms with Crippen molar-refractivity contribution in [3.05, 3.63) is 65.9 Å². The average molecular weight is 292 g/mol. The molecular weight excluding hydrogens is 279 g/mol. The van der Waals surface area contributed by atoms with Crippen molar-refractivity contribution in [1.29, 1.82) is 0 Å². The highest BCUT2D eigenvalue weighted by atomic mass is 16.4. The van der Waals surface area contributed by atoms with Crippen LogP contribution in [0, 0.1) is 0 Å². The third kappa shape index (κ3) is 2.01. The highest BCUT2D eigenvalue weighted by molar-refractivity contribution is 6.45. The standard InChI is InChI=1S/C16H13BN2O3/c20-17(21)16-18-13(10-6-2-1-3-7-10)15-14(19-16)11-8-4-5-9-12(11)22-15/h1-9,16,19-21H/t16-/m0/s1. The van der Waals surface area contributed by atoms with Gasteiger partial charge in [-0.3, -0.25) is 4.99 Å². The lowest BCUT2D eigenvalue weighted by atomic mass is 9.84. The molecule has 2 aromatic carbocycles. The second-order valence-electron chi connectivity index (χ2n) is 5.15. The van der Waals surface area contributed by atoms with Gasteiger partial charge in [0.05, 0.1) is 5.69 Å². The van der Waals surface area contributed by atoms with E-state index in [9.17, 15) is 10.0 Å². The van der Waals surface area contributed by atoms with E-state index in [1.807, 2.05) is 54.6 Å². The minimum absolute atomic E-state index is 0.614. The minimum atomic E-state index is -1.60. The van der Waals surface area contributed by atoms with Crippen LogP contribution in [0.3, 0.4) is 0 Å². The van der Waals surface area contributed by atoms with Crippen LogP contribution in [0.25, 0.3) is 11.0 Å². The topological polar surface area (TPSA) is 78.0 Å². The van der Waals surface area contributed by atoms with Crippen molar-refractivity contribution in [3.63, 3.8) is 0 Å². The highest BCUT2D eigenvalue weighted by Crippen LogP contribution is 2.35. The van der Waals surface area contributed by atoms with Gasteiger partial charge < -0.3 is 19.8 Å². The molecule has 1 aromatic heterocycles. The summed E-state index contributed by atoms with van der Waals surface area (Å²) in [5.41, 5.74) is 2.96. The molecule has 0 bridgehead atoms. The molecule has 0 fully saturated rings. The summed E-state index contributed by atoms with van der Waals surface area (Å²) in [7, 11) is -1.60. The molecule has 1 atom stereocenters. The SMILES string of the molecule is OB(O)[C@H]1N=C(c2ccccc2)c2oc3ccccc3c2N1. The van der Waals surface area contributed by atoms with Crippen LogP contribution in [0.1, 0.15) is 11.3 Å². The summed E-state index contributed by atoms with van der Waals surface area (Å²) in [6.07, 6.45) is 0. The van der Waals surface area contributed by atoms with Crippen LogP contribution in [0.15, 0.2) is 64.0 Å². The average Bonchev–Trinajstić information content (AvgIpc) is 2.93. The van der Waals surface area contributed by atoms with Crippen LogP contribution in [0.4, 0.5) is 5.69 Å². The lowest BCUT2D eigenvalue weighted by molar-refractivity contribution is 0.393. The molecule has 2 heterocycles. The first-order chi connectivity index (χ1) is 10.7. The summed E-state index contributed by atoms with van der Waals surface area (Å²) in [6.45, 7) is 0. The van der Waals surface area contributed by atoms with Crippen LogP contribution < -0.4 is 5.32 Å². The van der Waals surface area contributed by atoms with E-state index in [1.54, 1.807) is 0 Å². The van der Waals surface area contributed by atoms with Gasteiger partial charge in [-0.15, -0.1) is 0 Å². The first-order valence-electron chi connectivity index (χ1n) is 7.02. The third-order valence-corrected chi connectivity index (χ3v) is 3.70. The highest BCUT2D eigenvalue weighted by Gasteiger charge is 2.33. The zero-order valence-electron chi connectivity index (χ0n) is 11.6. The molecule has 108 valence electrons. The molecule has 6 heteroatoms. The van der Waals surface area contributed by atoms with Crippen LogP contribution in [-0.4, -0.2) is 28.9 Å². The zero-order chi connectivity index (χ0) is 15.1. The number of rotatable bonds is 2. The predicted octanol–water partition coefficient (Wildman–Crippen LogP) is 2.03. The summed E-state index contributed by atoms with van der Waals surface area (Å²) in [4.78, 5) is 4.40. The Morgan fingerprint density at radius 2 is 1.73 bits per heavy atom. The number of hydrogen-bond donors (Lipinski definition) is 3. The molecule has 0 amide bonds. The van der Waals surface area contributed by atoms with Gasteiger partial charge in [0.25, 0.3) is 0 Å². The molecule has 1 aliphatic heterocycles. The number of nitrogens with zero attached hydrogens (tertiary/aromatic N) is 1. The van der Waals surface area contributed by atoms with Crippen molar-refractivity contribution >= 4 is 29.5 Å². The summed E-state index contributed by atoms with van der Waals surface area (Å²) in [6, 6.07) is 16.4. The molecule has 0 saturated carbocycles. The van der Waals surface area contributed by atoms with Gasteiger partial charge in [-0.2, -0.15) is 0 Å². The Hall–Kier alpha value is -2.57. The van der Waals surface area contributed by atoms with Gasteiger partial charge in [0.1, 0.15) is 11.3 Å². The number of nitrogens with one attached hydrogen (secondary N) is 1. The van der Waals surface area contributed by atoms with E-state index in [4.69, 9.17) is 4.42 Å². The number of hydrogen-bond acceptors (Lipinski definition) is 5. The number of para-hydroxylation sites is 1. The molecule has 4 rings (SSSR count). The normalized spacial score (nSPS) is 16.8. The third-order valence-electron chi connectivity index (χ3n) is 3.70. The maximum Gasteiger partial charge on any atom is 0.499 e. The largest absolute Gasteiger partial charge is 0.499 e. The van der Waals surface area contributed by atoms with Crippen molar-refractivity contribution in [2.75, 3.05) is 5.32 Å². The van der Waals surface area contributed by atoms with E-state index >= 15 is 0 Å². The van der Waals surface area contributed by atoms with Crippen molar-refractivity contribution in [1.82, 2.24) is 0 Å². The molecule has 0 aliphatic carbocycles. The Labute approximate surface area is 127 Å². The fourth-order valence-corrected chi connectivity index (χ4v) is 2.68.